The fourth-order valence-corrected chi connectivity index (χ4v) is 3.16. The van der Waals surface area contributed by atoms with E-state index in [0.717, 1.165) is 39.2 Å². The molecule has 0 aliphatic rings. The van der Waals surface area contributed by atoms with Gasteiger partial charge in [-0.05, 0) is 58.1 Å². The lowest BCUT2D eigenvalue weighted by atomic mass is 9.95. The molecule has 0 saturated heterocycles. The van der Waals surface area contributed by atoms with E-state index >= 15 is 0 Å². The molecule has 2 heteroatoms. The first-order chi connectivity index (χ1) is 12.7. The summed E-state index contributed by atoms with van der Waals surface area (Å²) in [5, 5.41) is 0. The van der Waals surface area contributed by atoms with Gasteiger partial charge in [0.25, 0.3) is 0 Å². The van der Waals surface area contributed by atoms with Gasteiger partial charge in [-0.3, -0.25) is 0 Å². The molecule has 0 bridgehead atoms. The van der Waals surface area contributed by atoms with Gasteiger partial charge in [-0.1, -0.05) is 66.7 Å². The van der Waals surface area contributed by atoms with Gasteiger partial charge in [0, 0.05) is 16.9 Å². The predicted molar refractivity (Wildman–Crippen MR) is 112 cm³/mol. The van der Waals surface area contributed by atoms with Gasteiger partial charge >= 0.3 is 0 Å². The highest BCUT2D eigenvalue weighted by Gasteiger charge is 2.07. The van der Waals surface area contributed by atoms with Crippen LogP contribution in [0.5, 0.6) is 0 Å². The second kappa shape index (κ2) is 6.77. The van der Waals surface area contributed by atoms with Crippen LogP contribution in [0.4, 0.5) is 11.4 Å². The van der Waals surface area contributed by atoms with Crippen LogP contribution in [-0.2, 0) is 0 Å². The van der Waals surface area contributed by atoms with Crippen molar-refractivity contribution in [1.82, 2.24) is 0 Å². The van der Waals surface area contributed by atoms with E-state index < -0.39 is 0 Å². The minimum Gasteiger partial charge on any atom is -0.399 e. The summed E-state index contributed by atoms with van der Waals surface area (Å²) in [5.41, 5.74) is 20.4. The fraction of sp³-hybridized carbons (Fsp3) is 0. The van der Waals surface area contributed by atoms with Crippen LogP contribution in [0.2, 0.25) is 0 Å². The van der Waals surface area contributed by atoms with Crippen molar-refractivity contribution in [2.75, 3.05) is 11.5 Å². The molecule has 0 aromatic heterocycles. The molecule has 0 fully saturated rings. The van der Waals surface area contributed by atoms with Gasteiger partial charge in [-0.25, -0.2) is 0 Å². The van der Waals surface area contributed by atoms with Crippen molar-refractivity contribution in [3.63, 3.8) is 0 Å². The summed E-state index contributed by atoms with van der Waals surface area (Å²) in [5.74, 6) is 0. The Morgan fingerprint density at radius 1 is 0.423 bits per heavy atom. The quantitative estimate of drug-likeness (QED) is 0.461. The smallest absolute Gasteiger partial charge is 0.0394 e. The summed E-state index contributed by atoms with van der Waals surface area (Å²) in [4.78, 5) is 0. The second-order valence-corrected chi connectivity index (χ2v) is 6.37. The number of nitrogen functional groups attached to an aromatic ring is 2. The lowest BCUT2D eigenvalue weighted by molar-refractivity contribution is 1.57. The third kappa shape index (κ3) is 3.17. The Morgan fingerprint density at radius 3 is 1.73 bits per heavy atom. The van der Waals surface area contributed by atoms with E-state index in [1.807, 2.05) is 48.5 Å². The topological polar surface area (TPSA) is 52.0 Å². The number of hydrogen-bond acceptors (Lipinski definition) is 2. The SMILES string of the molecule is Nc1ccc(-c2cccc(-c3ccc(N)c(-c4ccccc4)c3)c2)cc1. The Balaban J connectivity index is 1.77. The zero-order valence-corrected chi connectivity index (χ0v) is 14.4. The Hall–Kier alpha value is -3.52. The van der Waals surface area contributed by atoms with Gasteiger partial charge in [0.15, 0.2) is 0 Å². The van der Waals surface area contributed by atoms with E-state index in [-0.39, 0.29) is 0 Å². The first-order valence-electron chi connectivity index (χ1n) is 8.62. The number of benzene rings is 4. The lowest BCUT2D eigenvalue weighted by Crippen LogP contribution is -1.91. The van der Waals surface area contributed by atoms with Crippen molar-refractivity contribution in [3.8, 4) is 33.4 Å². The summed E-state index contributed by atoms with van der Waals surface area (Å²) in [7, 11) is 0. The van der Waals surface area contributed by atoms with Crippen LogP contribution in [-0.4, -0.2) is 0 Å². The van der Waals surface area contributed by atoms with Crippen molar-refractivity contribution in [3.05, 3.63) is 97.1 Å². The predicted octanol–water partition coefficient (Wildman–Crippen LogP) is 5.85. The minimum atomic E-state index is 0.774. The van der Waals surface area contributed by atoms with Gasteiger partial charge < -0.3 is 11.5 Å². The summed E-state index contributed by atoms with van der Waals surface area (Å²) in [6.45, 7) is 0. The van der Waals surface area contributed by atoms with Crippen molar-refractivity contribution in [1.29, 1.82) is 0 Å². The molecule has 0 atom stereocenters. The molecule has 0 radical (unpaired) electrons. The number of nitrogens with two attached hydrogens (primary N) is 2. The molecule has 4 aromatic rings. The molecule has 0 heterocycles. The zero-order chi connectivity index (χ0) is 17.9. The minimum absolute atomic E-state index is 0.774. The molecular weight excluding hydrogens is 316 g/mol. The van der Waals surface area contributed by atoms with E-state index in [9.17, 15) is 0 Å². The fourth-order valence-electron chi connectivity index (χ4n) is 3.16. The van der Waals surface area contributed by atoms with E-state index in [4.69, 9.17) is 11.5 Å². The third-order valence-electron chi connectivity index (χ3n) is 4.58. The lowest BCUT2D eigenvalue weighted by Gasteiger charge is -2.11. The van der Waals surface area contributed by atoms with Crippen molar-refractivity contribution >= 4 is 11.4 Å². The maximum absolute atomic E-state index is 6.22. The average molecular weight is 336 g/mol. The highest BCUT2D eigenvalue weighted by atomic mass is 14.6. The molecule has 4 aromatic carbocycles. The monoisotopic (exact) mass is 336 g/mol. The molecule has 0 aliphatic carbocycles. The number of rotatable bonds is 3. The molecule has 4 N–H and O–H groups in total. The van der Waals surface area contributed by atoms with Crippen molar-refractivity contribution < 1.29 is 0 Å². The molecule has 4 rings (SSSR count). The van der Waals surface area contributed by atoms with E-state index in [1.54, 1.807) is 0 Å². The molecule has 0 saturated carbocycles. The third-order valence-corrected chi connectivity index (χ3v) is 4.58. The Morgan fingerprint density at radius 2 is 1.00 bits per heavy atom. The first-order valence-corrected chi connectivity index (χ1v) is 8.62. The normalized spacial score (nSPS) is 10.6. The summed E-state index contributed by atoms with van der Waals surface area (Å²) < 4.78 is 0. The molecule has 0 aliphatic heterocycles. The van der Waals surface area contributed by atoms with Crippen molar-refractivity contribution in [2.45, 2.75) is 0 Å². The number of anilines is 2. The first kappa shape index (κ1) is 16.0. The van der Waals surface area contributed by atoms with E-state index in [1.165, 1.54) is 5.56 Å². The highest BCUT2D eigenvalue weighted by Crippen LogP contribution is 2.33. The summed E-state index contributed by atoms with van der Waals surface area (Å²) in [6, 6.07) is 32.9. The van der Waals surface area contributed by atoms with Gasteiger partial charge in [0.2, 0.25) is 0 Å². The van der Waals surface area contributed by atoms with Crippen LogP contribution in [0.25, 0.3) is 33.4 Å². The molecule has 2 nitrogen and oxygen atoms in total. The highest BCUT2D eigenvalue weighted by molar-refractivity contribution is 5.83. The van der Waals surface area contributed by atoms with Gasteiger partial charge in [-0.15, -0.1) is 0 Å². The standard InChI is InChI=1S/C24H20N2/c25-22-12-9-17(10-13-22)19-7-4-8-20(15-19)21-11-14-24(26)23(16-21)18-5-2-1-3-6-18/h1-16H,25-26H2. The van der Waals surface area contributed by atoms with Crippen LogP contribution < -0.4 is 11.5 Å². The molecular formula is C24H20N2. The number of hydrogen-bond donors (Lipinski definition) is 2. The van der Waals surface area contributed by atoms with Gasteiger partial charge in [0.05, 0.1) is 0 Å². The van der Waals surface area contributed by atoms with Crippen LogP contribution in [0, 0.1) is 0 Å². The maximum atomic E-state index is 6.22. The average Bonchev–Trinajstić information content (AvgIpc) is 2.70. The van der Waals surface area contributed by atoms with Crippen LogP contribution >= 0.6 is 0 Å². The van der Waals surface area contributed by atoms with E-state index in [0.29, 0.717) is 0 Å². The maximum Gasteiger partial charge on any atom is 0.0394 e. The van der Waals surface area contributed by atoms with Crippen LogP contribution in [0.15, 0.2) is 97.1 Å². The Kier molecular flexibility index (Phi) is 4.16. The largest absolute Gasteiger partial charge is 0.399 e. The van der Waals surface area contributed by atoms with Gasteiger partial charge in [-0.2, -0.15) is 0 Å². The van der Waals surface area contributed by atoms with E-state index in [2.05, 4.69) is 48.5 Å². The molecule has 26 heavy (non-hydrogen) atoms. The molecule has 126 valence electrons. The Labute approximate surface area is 153 Å². The summed E-state index contributed by atoms with van der Waals surface area (Å²) in [6.07, 6.45) is 0. The summed E-state index contributed by atoms with van der Waals surface area (Å²) >= 11 is 0. The Bertz CT molecular complexity index is 1040. The van der Waals surface area contributed by atoms with Gasteiger partial charge in [0.1, 0.15) is 0 Å². The zero-order valence-electron chi connectivity index (χ0n) is 14.4. The molecule has 0 unspecified atom stereocenters. The second-order valence-electron chi connectivity index (χ2n) is 6.37. The van der Waals surface area contributed by atoms with Crippen LogP contribution in [0.3, 0.4) is 0 Å². The molecule has 0 spiro atoms. The van der Waals surface area contributed by atoms with Crippen molar-refractivity contribution in [2.24, 2.45) is 0 Å². The van der Waals surface area contributed by atoms with Crippen LogP contribution in [0.1, 0.15) is 0 Å². The molecule has 0 amide bonds.